The molecule has 0 aromatic carbocycles. The topological polar surface area (TPSA) is 0 Å². The fourth-order valence-electron chi connectivity index (χ4n) is 0.309. The molecule has 0 aliphatic rings. The van der Waals surface area contributed by atoms with Crippen molar-refractivity contribution in [2.75, 3.05) is 5.75 Å². The SMILES string of the molecule is CCS/C=C/C(C)C. The van der Waals surface area contributed by atoms with E-state index in [2.05, 4.69) is 32.3 Å². The fraction of sp³-hybridized carbons (Fsp3) is 0.714. The van der Waals surface area contributed by atoms with Gasteiger partial charge >= 0.3 is 0 Å². The number of rotatable bonds is 3. The van der Waals surface area contributed by atoms with Gasteiger partial charge < -0.3 is 0 Å². The highest BCUT2D eigenvalue weighted by Crippen LogP contribution is 2.03. The Hall–Kier alpha value is 0.0900. The van der Waals surface area contributed by atoms with E-state index in [1.165, 1.54) is 5.75 Å². The molecule has 0 amide bonds. The first kappa shape index (κ1) is 8.09. The van der Waals surface area contributed by atoms with E-state index < -0.39 is 0 Å². The van der Waals surface area contributed by atoms with Gasteiger partial charge in [0.25, 0.3) is 0 Å². The van der Waals surface area contributed by atoms with Crippen molar-refractivity contribution in [2.24, 2.45) is 5.92 Å². The van der Waals surface area contributed by atoms with Crippen molar-refractivity contribution in [2.45, 2.75) is 20.8 Å². The molecule has 0 spiro atoms. The first-order chi connectivity index (χ1) is 3.77. The van der Waals surface area contributed by atoms with Crippen LogP contribution in [-0.4, -0.2) is 5.75 Å². The minimum absolute atomic E-state index is 0.703. The van der Waals surface area contributed by atoms with Crippen LogP contribution in [0.15, 0.2) is 11.5 Å². The maximum atomic E-state index is 2.22. The van der Waals surface area contributed by atoms with Gasteiger partial charge in [-0.1, -0.05) is 26.8 Å². The molecule has 0 heterocycles. The summed E-state index contributed by atoms with van der Waals surface area (Å²) in [4.78, 5) is 0. The zero-order valence-electron chi connectivity index (χ0n) is 5.85. The van der Waals surface area contributed by atoms with E-state index in [1.54, 1.807) is 0 Å². The summed E-state index contributed by atoms with van der Waals surface area (Å²) in [5, 5.41) is 2.17. The third-order valence-electron chi connectivity index (χ3n) is 0.726. The standard InChI is InChI=1S/C7H14S/c1-4-8-6-5-7(2)3/h5-7H,4H2,1-3H3/b6-5+. The van der Waals surface area contributed by atoms with Crippen LogP contribution >= 0.6 is 11.8 Å². The maximum Gasteiger partial charge on any atom is -0.00546 e. The quantitative estimate of drug-likeness (QED) is 0.566. The van der Waals surface area contributed by atoms with E-state index in [4.69, 9.17) is 0 Å². The Bertz CT molecular complexity index is 64.8. The van der Waals surface area contributed by atoms with Gasteiger partial charge in [-0.15, -0.1) is 11.8 Å². The summed E-state index contributed by atoms with van der Waals surface area (Å²) in [7, 11) is 0. The van der Waals surface area contributed by atoms with Crippen molar-refractivity contribution in [3.63, 3.8) is 0 Å². The predicted octanol–water partition coefficient (Wildman–Crippen LogP) is 2.91. The van der Waals surface area contributed by atoms with Crippen molar-refractivity contribution >= 4 is 11.8 Å². The Kier molecular flexibility index (Phi) is 5.29. The molecule has 0 atom stereocenters. The monoisotopic (exact) mass is 130 g/mol. The van der Waals surface area contributed by atoms with Crippen molar-refractivity contribution in [3.05, 3.63) is 11.5 Å². The summed E-state index contributed by atoms with van der Waals surface area (Å²) >= 11 is 1.86. The molecule has 1 heteroatoms. The summed E-state index contributed by atoms with van der Waals surface area (Å²) in [6.45, 7) is 6.54. The van der Waals surface area contributed by atoms with Crippen LogP contribution < -0.4 is 0 Å². The van der Waals surface area contributed by atoms with Crippen LogP contribution in [0.4, 0.5) is 0 Å². The molecule has 0 fully saturated rings. The second-order valence-electron chi connectivity index (χ2n) is 2.03. The molecule has 0 aliphatic carbocycles. The number of allylic oxidation sites excluding steroid dienone is 1. The molecule has 0 unspecified atom stereocenters. The zero-order chi connectivity index (χ0) is 6.41. The molecule has 48 valence electrons. The lowest BCUT2D eigenvalue weighted by Crippen LogP contribution is -1.74. The van der Waals surface area contributed by atoms with E-state index in [1.807, 2.05) is 11.8 Å². The molecular weight excluding hydrogens is 116 g/mol. The molecule has 0 aliphatic heterocycles. The van der Waals surface area contributed by atoms with E-state index in [9.17, 15) is 0 Å². The Balaban J connectivity index is 3.07. The second-order valence-corrected chi connectivity index (χ2v) is 3.21. The van der Waals surface area contributed by atoms with Crippen LogP contribution in [0.1, 0.15) is 20.8 Å². The Morgan fingerprint density at radius 3 is 2.50 bits per heavy atom. The lowest BCUT2D eigenvalue weighted by atomic mass is 10.2. The minimum Gasteiger partial charge on any atom is -0.135 e. The summed E-state index contributed by atoms with van der Waals surface area (Å²) in [6.07, 6.45) is 2.22. The van der Waals surface area contributed by atoms with Gasteiger partial charge in [-0.25, -0.2) is 0 Å². The number of hydrogen-bond acceptors (Lipinski definition) is 1. The van der Waals surface area contributed by atoms with Crippen LogP contribution in [0, 0.1) is 5.92 Å². The van der Waals surface area contributed by atoms with Crippen molar-refractivity contribution < 1.29 is 0 Å². The van der Waals surface area contributed by atoms with Crippen molar-refractivity contribution in [1.82, 2.24) is 0 Å². The molecule has 0 saturated carbocycles. The highest BCUT2D eigenvalue weighted by molar-refractivity contribution is 8.02. The summed E-state index contributed by atoms with van der Waals surface area (Å²) < 4.78 is 0. The van der Waals surface area contributed by atoms with E-state index >= 15 is 0 Å². The number of hydrogen-bond donors (Lipinski definition) is 0. The lowest BCUT2D eigenvalue weighted by molar-refractivity contribution is 0.834. The van der Waals surface area contributed by atoms with Gasteiger partial charge in [-0.3, -0.25) is 0 Å². The smallest absolute Gasteiger partial charge is 0.00546 e. The first-order valence-corrected chi connectivity index (χ1v) is 4.10. The molecule has 0 nitrogen and oxygen atoms in total. The van der Waals surface area contributed by atoms with Gasteiger partial charge in [0.15, 0.2) is 0 Å². The average Bonchev–Trinajstić information content (AvgIpc) is 1.66. The van der Waals surface area contributed by atoms with Crippen LogP contribution in [0.5, 0.6) is 0 Å². The van der Waals surface area contributed by atoms with Crippen molar-refractivity contribution in [3.8, 4) is 0 Å². The molecule has 0 N–H and O–H groups in total. The third kappa shape index (κ3) is 6.09. The summed E-state index contributed by atoms with van der Waals surface area (Å²) in [5.41, 5.74) is 0. The Morgan fingerprint density at radius 2 is 2.12 bits per heavy atom. The highest BCUT2D eigenvalue weighted by Gasteiger charge is 1.80. The summed E-state index contributed by atoms with van der Waals surface area (Å²) in [5.74, 6) is 1.89. The van der Waals surface area contributed by atoms with Gasteiger partial charge in [0.05, 0.1) is 0 Å². The third-order valence-corrected chi connectivity index (χ3v) is 1.41. The van der Waals surface area contributed by atoms with E-state index in [0.717, 1.165) is 0 Å². The van der Waals surface area contributed by atoms with Crippen molar-refractivity contribution in [1.29, 1.82) is 0 Å². The normalized spacial score (nSPS) is 11.5. The largest absolute Gasteiger partial charge is 0.135 e. The Morgan fingerprint density at radius 1 is 1.50 bits per heavy atom. The average molecular weight is 130 g/mol. The molecule has 0 bridgehead atoms. The molecular formula is C7H14S. The predicted molar refractivity (Wildman–Crippen MR) is 42.1 cm³/mol. The van der Waals surface area contributed by atoms with E-state index in [-0.39, 0.29) is 0 Å². The second kappa shape index (κ2) is 5.23. The highest BCUT2D eigenvalue weighted by atomic mass is 32.2. The summed E-state index contributed by atoms with van der Waals surface area (Å²) in [6, 6.07) is 0. The first-order valence-electron chi connectivity index (χ1n) is 3.05. The van der Waals surface area contributed by atoms with Gasteiger partial charge in [0.1, 0.15) is 0 Å². The van der Waals surface area contributed by atoms with Gasteiger partial charge in [0, 0.05) is 0 Å². The maximum absolute atomic E-state index is 2.22. The molecule has 0 aromatic rings. The zero-order valence-corrected chi connectivity index (χ0v) is 6.66. The van der Waals surface area contributed by atoms with Crippen LogP contribution in [-0.2, 0) is 0 Å². The minimum atomic E-state index is 0.703. The van der Waals surface area contributed by atoms with E-state index in [0.29, 0.717) is 5.92 Å². The molecule has 0 rings (SSSR count). The van der Waals surface area contributed by atoms with Gasteiger partial charge in [-0.05, 0) is 17.1 Å². The van der Waals surface area contributed by atoms with Gasteiger partial charge in [-0.2, -0.15) is 0 Å². The van der Waals surface area contributed by atoms with Crippen LogP contribution in [0.25, 0.3) is 0 Å². The van der Waals surface area contributed by atoms with Gasteiger partial charge in [0.2, 0.25) is 0 Å². The van der Waals surface area contributed by atoms with Crippen LogP contribution in [0.2, 0.25) is 0 Å². The molecule has 0 saturated heterocycles. The fourth-order valence-corrected chi connectivity index (χ4v) is 0.927. The lowest BCUT2D eigenvalue weighted by Gasteiger charge is -1.90. The molecule has 8 heavy (non-hydrogen) atoms. The Labute approximate surface area is 56.4 Å². The molecule has 0 aromatic heterocycles. The van der Waals surface area contributed by atoms with Crippen LogP contribution in [0.3, 0.4) is 0 Å². The number of thioether (sulfide) groups is 1. The molecule has 0 radical (unpaired) electrons.